The van der Waals surface area contributed by atoms with Gasteiger partial charge in [-0.1, -0.05) is 31.5 Å². The maximum atomic E-state index is 13.1. The van der Waals surface area contributed by atoms with E-state index in [-0.39, 0.29) is 24.2 Å². The molecule has 0 spiro atoms. The second-order valence-corrected chi connectivity index (χ2v) is 7.76. The normalized spacial score (nSPS) is 15.3. The zero-order valence-electron chi connectivity index (χ0n) is 15.6. The number of carbonyl (C=O) groups is 2. The van der Waals surface area contributed by atoms with Crippen molar-refractivity contribution in [2.75, 3.05) is 13.1 Å². The van der Waals surface area contributed by atoms with Crippen LogP contribution in [0.4, 0.5) is 0 Å². The number of carbonyl (C=O) groups excluding carboxylic acids is 1. The predicted molar refractivity (Wildman–Crippen MR) is 104 cm³/mol. The molecule has 144 valence electrons. The third-order valence-corrected chi connectivity index (χ3v) is 5.24. The number of hydrogen-bond donors (Lipinski definition) is 1. The predicted octanol–water partition coefficient (Wildman–Crippen LogP) is 3.98. The van der Waals surface area contributed by atoms with Crippen LogP contribution in [0.15, 0.2) is 30.5 Å². The molecule has 1 aliphatic rings. The van der Waals surface area contributed by atoms with Gasteiger partial charge < -0.3 is 10.0 Å². The van der Waals surface area contributed by atoms with Gasteiger partial charge in [-0.05, 0) is 42.9 Å². The molecular weight excluding hydrogens is 366 g/mol. The molecule has 2 heterocycles. The van der Waals surface area contributed by atoms with E-state index in [0.29, 0.717) is 23.7 Å². The van der Waals surface area contributed by atoms with Crippen molar-refractivity contribution in [1.82, 2.24) is 14.7 Å². The SMILES string of the molecule is CC(C)c1c(C(=O)N2CCC(CC(=O)O)CC2)cnn1-c1cccc(Cl)c1. The highest BCUT2D eigenvalue weighted by Crippen LogP contribution is 2.27. The molecule has 0 radical (unpaired) electrons. The monoisotopic (exact) mass is 389 g/mol. The van der Waals surface area contributed by atoms with Crippen molar-refractivity contribution in [3.05, 3.63) is 46.7 Å². The molecule has 6 nitrogen and oxygen atoms in total. The van der Waals surface area contributed by atoms with E-state index in [2.05, 4.69) is 5.10 Å². The Morgan fingerprint density at radius 2 is 2.00 bits per heavy atom. The third-order valence-electron chi connectivity index (χ3n) is 5.00. The Hall–Kier alpha value is -2.34. The number of hydrogen-bond acceptors (Lipinski definition) is 3. The number of benzene rings is 1. The van der Waals surface area contributed by atoms with Gasteiger partial charge in [0.05, 0.1) is 23.1 Å². The van der Waals surface area contributed by atoms with Gasteiger partial charge in [0, 0.05) is 24.5 Å². The fraction of sp³-hybridized carbons (Fsp3) is 0.450. The molecule has 1 aromatic heterocycles. The van der Waals surface area contributed by atoms with Gasteiger partial charge in [0.2, 0.25) is 0 Å². The summed E-state index contributed by atoms with van der Waals surface area (Å²) in [5.41, 5.74) is 2.28. The third kappa shape index (κ3) is 4.33. The molecule has 1 N–H and O–H groups in total. The largest absolute Gasteiger partial charge is 0.481 e. The number of carboxylic acids is 1. The summed E-state index contributed by atoms with van der Waals surface area (Å²) in [6.07, 6.45) is 3.24. The summed E-state index contributed by atoms with van der Waals surface area (Å²) in [6, 6.07) is 7.40. The quantitative estimate of drug-likeness (QED) is 0.839. The number of likely N-dealkylation sites (tertiary alicyclic amines) is 1. The number of rotatable bonds is 5. The van der Waals surface area contributed by atoms with E-state index in [1.807, 2.05) is 36.9 Å². The van der Waals surface area contributed by atoms with Gasteiger partial charge in [0.25, 0.3) is 5.91 Å². The van der Waals surface area contributed by atoms with Crippen LogP contribution in [0.5, 0.6) is 0 Å². The summed E-state index contributed by atoms with van der Waals surface area (Å²) in [5, 5.41) is 14.0. The molecule has 0 saturated carbocycles. The van der Waals surface area contributed by atoms with E-state index in [0.717, 1.165) is 24.2 Å². The lowest BCUT2D eigenvalue weighted by Crippen LogP contribution is -2.39. The van der Waals surface area contributed by atoms with Crippen molar-refractivity contribution in [3.8, 4) is 5.69 Å². The maximum Gasteiger partial charge on any atom is 0.303 e. The number of aromatic nitrogens is 2. The molecule has 0 atom stereocenters. The zero-order valence-corrected chi connectivity index (χ0v) is 16.3. The molecule has 3 rings (SSSR count). The van der Waals surface area contributed by atoms with Crippen LogP contribution >= 0.6 is 11.6 Å². The second-order valence-electron chi connectivity index (χ2n) is 7.32. The molecule has 1 aliphatic heterocycles. The summed E-state index contributed by atoms with van der Waals surface area (Å²) in [4.78, 5) is 25.8. The van der Waals surface area contributed by atoms with Crippen LogP contribution in [0.3, 0.4) is 0 Å². The van der Waals surface area contributed by atoms with Crippen LogP contribution in [0, 0.1) is 5.92 Å². The topological polar surface area (TPSA) is 75.4 Å². The molecule has 1 amide bonds. The highest BCUT2D eigenvalue weighted by molar-refractivity contribution is 6.30. The Balaban J connectivity index is 1.83. The highest BCUT2D eigenvalue weighted by atomic mass is 35.5. The Labute approximate surface area is 163 Å². The van der Waals surface area contributed by atoms with Crippen molar-refractivity contribution in [3.63, 3.8) is 0 Å². The van der Waals surface area contributed by atoms with Gasteiger partial charge in [-0.3, -0.25) is 9.59 Å². The minimum Gasteiger partial charge on any atom is -0.481 e. The van der Waals surface area contributed by atoms with Crippen LogP contribution in [0.1, 0.15) is 55.1 Å². The minimum atomic E-state index is -0.773. The van der Waals surface area contributed by atoms with E-state index < -0.39 is 5.97 Å². The molecule has 2 aromatic rings. The van der Waals surface area contributed by atoms with Crippen LogP contribution in [-0.2, 0) is 4.79 Å². The van der Waals surface area contributed by atoms with Gasteiger partial charge in [-0.25, -0.2) is 4.68 Å². The number of carboxylic acid groups (broad SMARTS) is 1. The van der Waals surface area contributed by atoms with Crippen LogP contribution in [0.2, 0.25) is 5.02 Å². The molecule has 27 heavy (non-hydrogen) atoms. The first-order valence-corrected chi connectivity index (χ1v) is 9.59. The standard InChI is InChI=1S/C20H24ClN3O3/c1-13(2)19-17(12-22-24(19)16-5-3-4-15(21)11-16)20(27)23-8-6-14(7-9-23)10-18(25)26/h3-5,11-14H,6-10H2,1-2H3,(H,25,26). The van der Waals surface area contributed by atoms with Crippen LogP contribution in [0.25, 0.3) is 5.69 Å². The summed E-state index contributed by atoms with van der Waals surface area (Å²) < 4.78 is 1.78. The lowest BCUT2D eigenvalue weighted by molar-refractivity contribution is -0.138. The molecule has 1 aromatic carbocycles. The summed E-state index contributed by atoms with van der Waals surface area (Å²) in [7, 11) is 0. The van der Waals surface area contributed by atoms with E-state index in [1.165, 1.54) is 0 Å². The van der Waals surface area contributed by atoms with Crippen molar-refractivity contribution in [1.29, 1.82) is 0 Å². The lowest BCUT2D eigenvalue weighted by atomic mass is 9.93. The van der Waals surface area contributed by atoms with E-state index in [1.54, 1.807) is 16.9 Å². The summed E-state index contributed by atoms with van der Waals surface area (Å²) in [5.74, 6) is -0.564. The fourth-order valence-corrected chi connectivity index (χ4v) is 3.83. The number of aliphatic carboxylic acids is 1. The maximum absolute atomic E-state index is 13.1. The molecule has 1 fully saturated rings. The first-order valence-electron chi connectivity index (χ1n) is 9.21. The summed E-state index contributed by atoms with van der Waals surface area (Å²) >= 11 is 6.11. The van der Waals surface area contributed by atoms with Crippen molar-refractivity contribution < 1.29 is 14.7 Å². The average Bonchev–Trinajstić information content (AvgIpc) is 3.06. The number of nitrogens with zero attached hydrogens (tertiary/aromatic N) is 3. The Kier molecular flexibility index (Phi) is 5.85. The van der Waals surface area contributed by atoms with Crippen molar-refractivity contribution in [2.24, 2.45) is 5.92 Å². The minimum absolute atomic E-state index is 0.0410. The first-order chi connectivity index (χ1) is 12.9. The van der Waals surface area contributed by atoms with E-state index in [9.17, 15) is 9.59 Å². The van der Waals surface area contributed by atoms with Gasteiger partial charge >= 0.3 is 5.97 Å². The molecular formula is C20H24ClN3O3. The van der Waals surface area contributed by atoms with E-state index >= 15 is 0 Å². The average molecular weight is 390 g/mol. The molecule has 0 bridgehead atoms. The van der Waals surface area contributed by atoms with Gasteiger partial charge in [-0.15, -0.1) is 0 Å². The number of halogens is 1. The van der Waals surface area contributed by atoms with Crippen LogP contribution in [-0.4, -0.2) is 44.8 Å². The molecule has 1 saturated heterocycles. The Morgan fingerprint density at radius 1 is 1.30 bits per heavy atom. The zero-order chi connectivity index (χ0) is 19.6. The van der Waals surface area contributed by atoms with Crippen LogP contribution < -0.4 is 0 Å². The second kappa shape index (κ2) is 8.13. The summed E-state index contributed by atoms with van der Waals surface area (Å²) in [6.45, 7) is 5.23. The fourth-order valence-electron chi connectivity index (χ4n) is 3.65. The number of amides is 1. The van der Waals surface area contributed by atoms with Gasteiger partial charge in [-0.2, -0.15) is 5.10 Å². The smallest absolute Gasteiger partial charge is 0.303 e. The highest BCUT2D eigenvalue weighted by Gasteiger charge is 2.28. The Bertz CT molecular complexity index is 839. The molecule has 0 unspecified atom stereocenters. The van der Waals surface area contributed by atoms with E-state index in [4.69, 9.17) is 16.7 Å². The van der Waals surface area contributed by atoms with Crippen molar-refractivity contribution in [2.45, 2.75) is 39.0 Å². The number of piperidine rings is 1. The lowest BCUT2D eigenvalue weighted by Gasteiger charge is -2.31. The Morgan fingerprint density at radius 3 is 2.59 bits per heavy atom. The van der Waals surface area contributed by atoms with Gasteiger partial charge in [0.15, 0.2) is 0 Å². The van der Waals surface area contributed by atoms with Gasteiger partial charge in [0.1, 0.15) is 0 Å². The van der Waals surface area contributed by atoms with Crippen molar-refractivity contribution >= 4 is 23.5 Å². The molecule has 0 aliphatic carbocycles. The first kappa shape index (κ1) is 19.4. The molecule has 7 heteroatoms.